The second-order valence-corrected chi connectivity index (χ2v) is 3.27. The molecule has 0 aliphatic carbocycles. The van der Waals surface area contributed by atoms with Crippen LogP contribution >= 0.6 is 0 Å². The number of hydrogen-bond acceptors (Lipinski definition) is 6. The number of esters is 1. The van der Waals surface area contributed by atoms with E-state index in [1.54, 1.807) is 0 Å². The highest BCUT2D eigenvalue weighted by Crippen LogP contribution is 2.31. The Kier molecular flexibility index (Phi) is 4.91. The lowest BCUT2D eigenvalue weighted by molar-refractivity contribution is -0.385. The van der Waals surface area contributed by atoms with Gasteiger partial charge in [-0.15, -0.1) is 0 Å². The van der Waals surface area contributed by atoms with Crippen LogP contribution in [-0.2, 0) is 9.53 Å². The predicted molar refractivity (Wildman–Crippen MR) is 61.8 cm³/mol. The van der Waals surface area contributed by atoms with Crippen molar-refractivity contribution >= 4 is 11.7 Å². The molecule has 0 amide bonds. The van der Waals surface area contributed by atoms with Gasteiger partial charge in [-0.05, 0) is 6.07 Å². The van der Waals surface area contributed by atoms with E-state index in [0.29, 0.717) is 5.75 Å². The molecule has 0 spiro atoms. The second-order valence-electron chi connectivity index (χ2n) is 3.27. The number of nitro benzene ring substituents is 1. The molecule has 0 N–H and O–H groups in total. The van der Waals surface area contributed by atoms with Gasteiger partial charge in [-0.2, -0.15) is 0 Å². The summed E-state index contributed by atoms with van der Waals surface area (Å²) in [5.74, 6) is 0.167. The smallest absolute Gasteiger partial charge is 0.308 e. The highest BCUT2D eigenvalue weighted by molar-refractivity contribution is 5.69. The van der Waals surface area contributed by atoms with E-state index < -0.39 is 10.9 Å². The van der Waals surface area contributed by atoms with Gasteiger partial charge in [0.05, 0.1) is 38.2 Å². The number of methoxy groups -OCH3 is 2. The van der Waals surface area contributed by atoms with Gasteiger partial charge in [0, 0.05) is 6.07 Å². The third kappa shape index (κ3) is 3.62. The number of benzene rings is 1. The first-order chi connectivity index (χ1) is 8.58. The molecule has 1 aromatic carbocycles. The van der Waals surface area contributed by atoms with Gasteiger partial charge < -0.3 is 14.2 Å². The third-order valence-corrected chi connectivity index (χ3v) is 2.15. The normalized spacial score (nSPS) is 9.67. The quantitative estimate of drug-likeness (QED) is 0.435. The van der Waals surface area contributed by atoms with Crippen molar-refractivity contribution in [3.63, 3.8) is 0 Å². The maximum Gasteiger partial charge on any atom is 0.308 e. The first-order valence-corrected chi connectivity index (χ1v) is 5.10. The van der Waals surface area contributed by atoms with Crippen molar-refractivity contribution < 1.29 is 23.9 Å². The molecule has 98 valence electrons. The fraction of sp³-hybridized carbons (Fsp3) is 0.364. The molecule has 0 aliphatic rings. The topological polar surface area (TPSA) is 87.9 Å². The molecule has 0 fully saturated rings. The van der Waals surface area contributed by atoms with Crippen molar-refractivity contribution in [1.82, 2.24) is 0 Å². The third-order valence-electron chi connectivity index (χ3n) is 2.15. The van der Waals surface area contributed by atoms with Crippen molar-refractivity contribution in [2.75, 3.05) is 20.8 Å². The van der Waals surface area contributed by atoms with Crippen LogP contribution in [0, 0.1) is 10.1 Å². The number of non-ortho nitro benzene ring substituents is 1. The lowest BCUT2D eigenvalue weighted by Gasteiger charge is -2.09. The highest BCUT2D eigenvalue weighted by Gasteiger charge is 2.12. The van der Waals surface area contributed by atoms with Gasteiger partial charge >= 0.3 is 5.97 Å². The molecule has 0 bridgehead atoms. The summed E-state index contributed by atoms with van der Waals surface area (Å²) in [5.41, 5.74) is -0.108. The number of ether oxygens (including phenoxy) is 3. The molecule has 18 heavy (non-hydrogen) atoms. The van der Waals surface area contributed by atoms with Crippen molar-refractivity contribution in [2.24, 2.45) is 0 Å². The average Bonchev–Trinajstić information content (AvgIpc) is 2.38. The van der Waals surface area contributed by atoms with Crippen LogP contribution in [0.25, 0.3) is 0 Å². The van der Waals surface area contributed by atoms with E-state index in [1.165, 1.54) is 32.4 Å². The Labute approximate surface area is 103 Å². The standard InChI is InChI=1S/C11H13NO6/c1-16-9-4-3-8(12(14)15)7-10(9)18-6-5-11(13)17-2/h3-4,7H,5-6H2,1-2H3. The van der Waals surface area contributed by atoms with Gasteiger partial charge in [-0.3, -0.25) is 14.9 Å². The van der Waals surface area contributed by atoms with Gasteiger partial charge in [0.25, 0.3) is 5.69 Å². The minimum absolute atomic E-state index is 0.0579. The molecule has 0 aliphatic heterocycles. The lowest BCUT2D eigenvalue weighted by Crippen LogP contribution is -2.08. The van der Waals surface area contributed by atoms with Gasteiger partial charge in [-0.1, -0.05) is 0 Å². The molecule has 0 radical (unpaired) electrons. The van der Waals surface area contributed by atoms with Crippen LogP contribution in [0.3, 0.4) is 0 Å². The Balaban J connectivity index is 2.75. The van der Waals surface area contributed by atoms with Crippen molar-refractivity contribution in [2.45, 2.75) is 6.42 Å². The number of carbonyl (C=O) groups excluding carboxylic acids is 1. The molecule has 0 heterocycles. The number of nitrogens with zero attached hydrogens (tertiary/aromatic N) is 1. The zero-order valence-corrected chi connectivity index (χ0v) is 10.0. The van der Waals surface area contributed by atoms with Gasteiger partial charge in [-0.25, -0.2) is 0 Å². The summed E-state index contributed by atoms with van der Waals surface area (Å²) < 4.78 is 14.7. The maximum absolute atomic E-state index is 10.9. The minimum atomic E-state index is -0.535. The molecule has 7 heteroatoms. The van der Waals surface area contributed by atoms with Crippen molar-refractivity contribution in [3.05, 3.63) is 28.3 Å². The molecule has 0 saturated carbocycles. The second kappa shape index (κ2) is 6.43. The largest absolute Gasteiger partial charge is 0.493 e. The molecule has 1 rings (SSSR count). The molecule has 7 nitrogen and oxygen atoms in total. The molecular weight excluding hydrogens is 242 g/mol. The molecule has 0 atom stereocenters. The summed E-state index contributed by atoms with van der Waals surface area (Å²) in [6, 6.07) is 3.99. The Morgan fingerprint density at radius 2 is 2.06 bits per heavy atom. The molecular formula is C11H13NO6. The van der Waals surface area contributed by atoms with Crippen LogP contribution in [0.2, 0.25) is 0 Å². The number of hydrogen-bond donors (Lipinski definition) is 0. The van der Waals surface area contributed by atoms with Crippen molar-refractivity contribution in [3.8, 4) is 11.5 Å². The van der Waals surface area contributed by atoms with E-state index in [9.17, 15) is 14.9 Å². The van der Waals surface area contributed by atoms with Crippen LogP contribution in [0.5, 0.6) is 11.5 Å². The van der Waals surface area contributed by atoms with Crippen LogP contribution in [0.15, 0.2) is 18.2 Å². The Morgan fingerprint density at radius 1 is 1.33 bits per heavy atom. The minimum Gasteiger partial charge on any atom is -0.493 e. The van der Waals surface area contributed by atoms with E-state index >= 15 is 0 Å². The Bertz CT molecular complexity index is 445. The van der Waals surface area contributed by atoms with Crippen LogP contribution in [0.1, 0.15) is 6.42 Å². The molecule has 0 aromatic heterocycles. The van der Waals surface area contributed by atoms with Gasteiger partial charge in [0.1, 0.15) is 0 Å². The van der Waals surface area contributed by atoms with E-state index in [1.807, 2.05) is 0 Å². The SMILES string of the molecule is COC(=O)CCOc1cc([N+](=O)[O-])ccc1OC. The fourth-order valence-electron chi connectivity index (χ4n) is 1.24. The zero-order valence-electron chi connectivity index (χ0n) is 10.0. The average molecular weight is 255 g/mol. The first-order valence-electron chi connectivity index (χ1n) is 5.10. The van der Waals surface area contributed by atoms with E-state index in [-0.39, 0.29) is 24.5 Å². The summed E-state index contributed by atoms with van der Waals surface area (Å²) in [6.45, 7) is 0.0597. The predicted octanol–water partition coefficient (Wildman–Crippen LogP) is 1.55. The van der Waals surface area contributed by atoms with E-state index in [0.717, 1.165) is 0 Å². The summed E-state index contributed by atoms with van der Waals surface area (Å²) in [5, 5.41) is 10.6. The van der Waals surface area contributed by atoms with Crippen LogP contribution in [-0.4, -0.2) is 31.7 Å². The zero-order chi connectivity index (χ0) is 13.5. The summed E-state index contributed by atoms with van der Waals surface area (Å²) in [4.78, 5) is 21.0. The number of nitro groups is 1. The lowest BCUT2D eigenvalue weighted by atomic mass is 10.3. The highest BCUT2D eigenvalue weighted by atomic mass is 16.6. The van der Waals surface area contributed by atoms with Crippen molar-refractivity contribution in [1.29, 1.82) is 0 Å². The Morgan fingerprint density at radius 3 is 2.61 bits per heavy atom. The van der Waals surface area contributed by atoms with Crippen LogP contribution in [0.4, 0.5) is 5.69 Å². The van der Waals surface area contributed by atoms with Gasteiger partial charge in [0.15, 0.2) is 11.5 Å². The molecule has 0 saturated heterocycles. The fourth-order valence-corrected chi connectivity index (χ4v) is 1.24. The monoisotopic (exact) mass is 255 g/mol. The van der Waals surface area contributed by atoms with E-state index in [2.05, 4.69) is 4.74 Å². The van der Waals surface area contributed by atoms with Gasteiger partial charge in [0.2, 0.25) is 0 Å². The summed E-state index contributed by atoms with van der Waals surface area (Å²) in [6.07, 6.45) is 0.0579. The summed E-state index contributed by atoms with van der Waals surface area (Å²) in [7, 11) is 2.70. The number of carbonyl (C=O) groups is 1. The maximum atomic E-state index is 10.9. The first kappa shape index (κ1) is 13.8. The Hall–Kier alpha value is -2.31. The van der Waals surface area contributed by atoms with Crippen LogP contribution < -0.4 is 9.47 Å². The van der Waals surface area contributed by atoms with E-state index in [4.69, 9.17) is 9.47 Å². The molecule has 1 aromatic rings. The summed E-state index contributed by atoms with van der Waals surface area (Å²) >= 11 is 0. The number of rotatable bonds is 6. The molecule has 0 unspecified atom stereocenters.